The fraction of sp³-hybridized carbons (Fsp3) is 0.333. The predicted molar refractivity (Wildman–Crippen MR) is 64.9 cm³/mol. The summed E-state index contributed by atoms with van der Waals surface area (Å²) in [6, 6.07) is 3.51. The van der Waals surface area contributed by atoms with Crippen molar-refractivity contribution in [1.29, 1.82) is 5.26 Å². The molecule has 19 heavy (non-hydrogen) atoms. The van der Waals surface area contributed by atoms with Crippen LogP contribution in [0, 0.1) is 11.3 Å². The molecule has 1 amide bonds. The maximum absolute atomic E-state index is 12.2. The summed E-state index contributed by atoms with van der Waals surface area (Å²) in [4.78, 5) is 19.1. The molecule has 1 aliphatic rings. The van der Waals surface area contributed by atoms with E-state index in [1.165, 1.54) is 18.6 Å². The Morgan fingerprint density at radius 3 is 2.89 bits per heavy atom. The number of carbonyl (C=O) groups is 1. The molecule has 0 aliphatic heterocycles. The van der Waals surface area contributed by atoms with Crippen LogP contribution in [0.3, 0.4) is 0 Å². The van der Waals surface area contributed by atoms with Crippen molar-refractivity contribution >= 4 is 5.91 Å². The monoisotopic (exact) mass is 256 g/mol. The van der Waals surface area contributed by atoms with E-state index in [1.807, 2.05) is 6.07 Å². The van der Waals surface area contributed by atoms with Crippen molar-refractivity contribution in [2.45, 2.75) is 24.8 Å². The number of rotatable bonds is 3. The first-order chi connectivity index (χ1) is 9.23. The van der Waals surface area contributed by atoms with Gasteiger partial charge in [0.1, 0.15) is 23.9 Å². The highest BCUT2D eigenvalue weighted by molar-refractivity contribution is 5.93. The molecule has 2 aromatic heterocycles. The third kappa shape index (κ3) is 1.87. The molecule has 0 radical (unpaired) electrons. The molecular formula is C12H12N6O. The Morgan fingerprint density at radius 2 is 2.37 bits per heavy atom. The van der Waals surface area contributed by atoms with Gasteiger partial charge in [0.15, 0.2) is 0 Å². The first kappa shape index (κ1) is 11.5. The highest BCUT2D eigenvalue weighted by Crippen LogP contribution is 2.39. The van der Waals surface area contributed by atoms with Gasteiger partial charge in [0.05, 0.1) is 11.1 Å². The summed E-state index contributed by atoms with van der Waals surface area (Å²) >= 11 is 0. The lowest BCUT2D eigenvalue weighted by Crippen LogP contribution is -2.51. The highest BCUT2D eigenvalue weighted by atomic mass is 16.2. The molecule has 3 rings (SSSR count). The van der Waals surface area contributed by atoms with Crippen LogP contribution in [-0.2, 0) is 5.54 Å². The Labute approximate surface area is 109 Å². The van der Waals surface area contributed by atoms with E-state index in [2.05, 4.69) is 25.5 Å². The Kier molecular flexibility index (Phi) is 2.56. The van der Waals surface area contributed by atoms with Crippen LogP contribution in [0.15, 0.2) is 18.6 Å². The van der Waals surface area contributed by atoms with Crippen LogP contribution >= 0.6 is 0 Å². The van der Waals surface area contributed by atoms with Gasteiger partial charge in [-0.15, -0.1) is 0 Å². The summed E-state index contributed by atoms with van der Waals surface area (Å²) < 4.78 is 0. The molecule has 0 aromatic carbocycles. The molecule has 0 atom stereocenters. The Balaban J connectivity index is 1.80. The van der Waals surface area contributed by atoms with Crippen molar-refractivity contribution in [3.8, 4) is 6.07 Å². The zero-order valence-corrected chi connectivity index (χ0v) is 10.1. The van der Waals surface area contributed by atoms with E-state index in [1.54, 1.807) is 0 Å². The molecule has 2 heterocycles. The molecule has 1 aliphatic carbocycles. The third-order valence-corrected chi connectivity index (χ3v) is 3.48. The zero-order valence-electron chi connectivity index (χ0n) is 10.1. The third-order valence-electron chi connectivity index (χ3n) is 3.48. The molecule has 96 valence electrons. The SMILES string of the molecule is N#Cc1c[nH]c(C(=O)NC2(c3ncn[nH]3)CCC2)c1. The van der Waals surface area contributed by atoms with Crippen LogP contribution in [0.5, 0.6) is 0 Å². The van der Waals surface area contributed by atoms with Gasteiger partial charge in [0.2, 0.25) is 0 Å². The maximum atomic E-state index is 12.2. The van der Waals surface area contributed by atoms with E-state index in [-0.39, 0.29) is 5.91 Å². The predicted octanol–water partition coefficient (Wildman–Crippen LogP) is 0.814. The number of nitrogens with one attached hydrogen (secondary N) is 3. The molecule has 0 spiro atoms. The van der Waals surface area contributed by atoms with E-state index in [4.69, 9.17) is 5.26 Å². The van der Waals surface area contributed by atoms with Gasteiger partial charge >= 0.3 is 0 Å². The number of nitriles is 1. The van der Waals surface area contributed by atoms with Crippen molar-refractivity contribution in [3.63, 3.8) is 0 Å². The second kappa shape index (κ2) is 4.24. The summed E-state index contributed by atoms with van der Waals surface area (Å²) in [5.74, 6) is 0.441. The number of hydrogen-bond donors (Lipinski definition) is 3. The van der Waals surface area contributed by atoms with E-state index < -0.39 is 5.54 Å². The molecule has 2 aromatic rings. The smallest absolute Gasteiger partial charge is 0.268 e. The molecular weight excluding hydrogens is 244 g/mol. The first-order valence-corrected chi connectivity index (χ1v) is 6.00. The molecule has 1 saturated carbocycles. The van der Waals surface area contributed by atoms with Crippen molar-refractivity contribution in [3.05, 3.63) is 35.7 Å². The molecule has 0 bridgehead atoms. The van der Waals surface area contributed by atoms with Crippen LogP contribution in [0.4, 0.5) is 0 Å². The van der Waals surface area contributed by atoms with Gasteiger partial charge in [0, 0.05) is 6.20 Å². The summed E-state index contributed by atoms with van der Waals surface area (Å²) in [5, 5.41) is 18.4. The number of nitrogens with zero attached hydrogens (tertiary/aromatic N) is 3. The van der Waals surface area contributed by atoms with Crippen LogP contribution in [-0.4, -0.2) is 26.1 Å². The number of aromatic nitrogens is 4. The van der Waals surface area contributed by atoms with Crippen molar-refractivity contribution in [1.82, 2.24) is 25.5 Å². The second-order valence-electron chi connectivity index (χ2n) is 4.64. The van der Waals surface area contributed by atoms with Crippen molar-refractivity contribution in [2.75, 3.05) is 0 Å². The summed E-state index contributed by atoms with van der Waals surface area (Å²) in [7, 11) is 0. The van der Waals surface area contributed by atoms with Gasteiger partial charge in [-0.1, -0.05) is 0 Å². The number of aromatic amines is 2. The van der Waals surface area contributed by atoms with Gasteiger partial charge in [-0.2, -0.15) is 10.4 Å². The summed E-state index contributed by atoms with van der Waals surface area (Å²) in [6.07, 6.45) is 5.65. The Hall–Kier alpha value is -2.62. The van der Waals surface area contributed by atoms with Crippen LogP contribution in [0.25, 0.3) is 0 Å². The van der Waals surface area contributed by atoms with Gasteiger partial charge in [-0.05, 0) is 25.3 Å². The lowest BCUT2D eigenvalue weighted by Gasteiger charge is -2.40. The fourth-order valence-corrected chi connectivity index (χ4v) is 2.26. The quantitative estimate of drug-likeness (QED) is 0.754. The number of carbonyl (C=O) groups excluding carboxylic acids is 1. The Bertz CT molecular complexity index is 631. The fourth-order valence-electron chi connectivity index (χ4n) is 2.26. The number of H-pyrrole nitrogens is 2. The lowest BCUT2D eigenvalue weighted by atomic mass is 9.76. The van der Waals surface area contributed by atoms with Gasteiger partial charge < -0.3 is 10.3 Å². The van der Waals surface area contributed by atoms with Gasteiger partial charge in [-0.25, -0.2) is 4.98 Å². The van der Waals surface area contributed by atoms with Crippen LogP contribution in [0.1, 0.15) is 41.1 Å². The van der Waals surface area contributed by atoms with E-state index >= 15 is 0 Å². The molecule has 3 N–H and O–H groups in total. The highest BCUT2D eigenvalue weighted by Gasteiger charge is 2.43. The molecule has 7 heteroatoms. The van der Waals surface area contributed by atoms with Gasteiger partial charge in [0.25, 0.3) is 5.91 Å². The average Bonchev–Trinajstić information content (AvgIpc) is 3.03. The minimum atomic E-state index is -0.453. The normalized spacial score (nSPS) is 16.4. The second-order valence-corrected chi connectivity index (χ2v) is 4.64. The Morgan fingerprint density at radius 1 is 1.53 bits per heavy atom. The van der Waals surface area contributed by atoms with Crippen molar-refractivity contribution < 1.29 is 4.79 Å². The lowest BCUT2D eigenvalue weighted by molar-refractivity contribution is 0.0805. The summed E-state index contributed by atoms with van der Waals surface area (Å²) in [5.41, 5.74) is 0.362. The van der Waals surface area contributed by atoms with E-state index in [0.717, 1.165) is 19.3 Å². The molecule has 1 fully saturated rings. The number of amides is 1. The topological polar surface area (TPSA) is 110 Å². The number of hydrogen-bond acceptors (Lipinski definition) is 4. The largest absolute Gasteiger partial charge is 0.356 e. The first-order valence-electron chi connectivity index (χ1n) is 6.00. The van der Waals surface area contributed by atoms with Crippen molar-refractivity contribution in [2.24, 2.45) is 0 Å². The maximum Gasteiger partial charge on any atom is 0.268 e. The van der Waals surface area contributed by atoms with Gasteiger partial charge in [-0.3, -0.25) is 9.89 Å². The average molecular weight is 256 g/mol. The molecule has 0 unspecified atom stereocenters. The van der Waals surface area contributed by atoms with E-state index in [9.17, 15) is 4.79 Å². The van der Waals surface area contributed by atoms with Crippen LogP contribution in [0.2, 0.25) is 0 Å². The minimum absolute atomic E-state index is 0.238. The van der Waals surface area contributed by atoms with E-state index in [0.29, 0.717) is 17.1 Å². The molecule has 0 saturated heterocycles. The minimum Gasteiger partial charge on any atom is -0.356 e. The standard InChI is InChI=1S/C12H12N6O/c13-5-8-4-9(14-6-8)10(19)17-12(2-1-3-12)11-15-7-16-18-11/h4,6-7,14H,1-3H2,(H,17,19)(H,15,16,18). The zero-order chi connectivity index (χ0) is 13.3. The molecule has 7 nitrogen and oxygen atoms in total. The summed E-state index contributed by atoms with van der Waals surface area (Å²) in [6.45, 7) is 0. The van der Waals surface area contributed by atoms with Crippen LogP contribution < -0.4 is 5.32 Å².